The van der Waals surface area contributed by atoms with E-state index in [9.17, 15) is 8.42 Å². The van der Waals surface area contributed by atoms with Gasteiger partial charge in [0.2, 0.25) is 0 Å². The molecule has 3 nitrogen and oxygen atoms in total. The normalized spacial score (nSPS) is 37.1. The lowest BCUT2D eigenvalue weighted by Crippen LogP contribution is -2.42. The van der Waals surface area contributed by atoms with Crippen molar-refractivity contribution in [3.63, 3.8) is 0 Å². The lowest BCUT2D eigenvalue weighted by atomic mass is 9.96. The maximum Gasteiger partial charge on any atom is 0.154 e. The predicted molar refractivity (Wildman–Crippen MR) is 61.7 cm³/mol. The number of hydrogen-bond donors (Lipinski definition) is 1. The Morgan fingerprint density at radius 1 is 0.933 bits per heavy atom. The van der Waals surface area contributed by atoms with Crippen molar-refractivity contribution in [2.24, 2.45) is 0 Å². The lowest BCUT2D eigenvalue weighted by Gasteiger charge is -2.27. The first-order valence-electron chi connectivity index (χ1n) is 6.15. The molecule has 0 aromatic heterocycles. The molecule has 15 heavy (non-hydrogen) atoms. The van der Waals surface area contributed by atoms with E-state index in [1.54, 1.807) is 0 Å². The molecule has 1 aliphatic heterocycles. The maximum atomic E-state index is 12.1. The summed E-state index contributed by atoms with van der Waals surface area (Å²) in [6, 6.07) is 0.234. The van der Waals surface area contributed by atoms with Gasteiger partial charge in [-0.2, -0.15) is 0 Å². The van der Waals surface area contributed by atoms with Crippen LogP contribution in [0.25, 0.3) is 0 Å². The third-order valence-electron chi connectivity index (χ3n) is 3.68. The molecule has 1 saturated carbocycles. The fourth-order valence-corrected chi connectivity index (χ4v) is 4.93. The average molecular weight is 231 g/mol. The van der Waals surface area contributed by atoms with Crippen molar-refractivity contribution in [1.29, 1.82) is 0 Å². The summed E-state index contributed by atoms with van der Waals surface area (Å²) in [5.74, 6) is 0.390. The highest BCUT2D eigenvalue weighted by Crippen LogP contribution is 2.25. The van der Waals surface area contributed by atoms with Crippen LogP contribution in [0.15, 0.2) is 0 Å². The first-order valence-corrected chi connectivity index (χ1v) is 7.87. The SMILES string of the molecule is O=S1(=O)CCCNC2CCCCCCC21. The summed E-state index contributed by atoms with van der Waals surface area (Å²) < 4.78 is 24.1. The molecular weight excluding hydrogens is 210 g/mol. The molecule has 0 bridgehead atoms. The Labute approximate surface area is 92.6 Å². The minimum atomic E-state index is -2.82. The van der Waals surface area contributed by atoms with Gasteiger partial charge in [-0.05, 0) is 25.8 Å². The molecule has 4 heteroatoms. The molecule has 0 spiro atoms. The number of fused-ring (bicyclic) bond motifs is 1. The van der Waals surface area contributed by atoms with Crippen molar-refractivity contribution < 1.29 is 8.42 Å². The molecule has 1 saturated heterocycles. The van der Waals surface area contributed by atoms with E-state index in [1.165, 1.54) is 19.3 Å². The predicted octanol–water partition coefficient (Wildman–Crippen LogP) is 1.49. The van der Waals surface area contributed by atoms with E-state index in [0.717, 1.165) is 32.2 Å². The molecule has 2 atom stereocenters. The van der Waals surface area contributed by atoms with Gasteiger partial charge in [-0.1, -0.05) is 25.7 Å². The third-order valence-corrected chi connectivity index (χ3v) is 6.02. The zero-order valence-electron chi connectivity index (χ0n) is 9.24. The summed E-state index contributed by atoms with van der Waals surface area (Å²) in [5, 5.41) is 3.33. The average Bonchev–Trinajstić information content (AvgIpc) is 2.25. The Morgan fingerprint density at radius 3 is 2.47 bits per heavy atom. The number of hydrogen-bond acceptors (Lipinski definition) is 3. The lowest BCUT2D eigenvalue weighted by molar-refractivity contribution is 0.396. The van der Waals surface area contributed by atoms with Gasteiger partial charge < -0.3 is 5.32 Å². The smallest absolute Gasteiger partial charge is 0.154 e. The van der Waals surface area contributed by atoms with Gasteiger partial charge in [0.05, 0.1) is 11.0 Å². The molecule has 1 aliphatic carbocycles. The number of rotatable bonds is 0. The van der Waals surface area contributed by atoms with Crippen molar-refractivity contribution in [3.8, 4) is 0 Å². The van der Waals surface area contributed by atoms with Crippen LogP contribution in [0.4, 0.5) is 0 Å². The molecule has 1 heterocycles. The Balaban J connectivity index is 2.17. The molecule has 0 radical (unpaired) electrons. The molecule has 2 fully saturated rings. The van der Waals surface area contributed by atoms with Crippen molar-refractivity contribution in [2.45, 2.75) is 56.2 Å². The van der Waals surface area contributed by atoms with E-state index in [-0.39, 0.29) is 11.3 Å². The van der Waals surface area contributed by atoms with Crippen molar-refractivity contribution in [1.82, 2.24) is 5.32 Å². The molecule has 0 aromatic rings. The van der Waals surface area contributed by atoms with Gasteiger partial charge in [0.25, 0.3) is 0 Å². The summed E-state index contributed by atoms with van der Waals surface area (Å²) in [4.78, 5) is 0. The van der Waals surface area contributed by atoms with E-state index in [0.29, 0.717) is 5.75 Å². The van der Waals surface area contributed by atoms with Gasteiger partial charge >= 0.3 is 0 Å². The van der Waals surface area contributed by atoms with Gasteiger partial charge in [0, 0.05) is 6.04 Å². The summed E-state index contributed by atoms with van der Waals surface area (Å²) in [6.45, 7) is 0.875. The van der Waals surface area contributed by atoms with Gasteiger partial charge in [0.1, 0.15) is 0 Å². The topological polar surface area (TPSA) is 46.2 Å². The molecule has 0 aromatic carbocycles. The van der Waals surface area contributed by atoms with E-state index >= 15 is 0 Å². The summed E-state index contributed by atoms with van der Waals surface area (Å²) in [6.07, 6.45) is 7.45. The second kappa shape index (κ2) is 4.83. The highest BCUT2D eigenvalue weighted by Gasteiger charge is 2.34. The van der Waals surface area contributed by atoms with E-state index in [1.807, 2.05) is 0 Å². The van der Waals surface area contributed by atoms with Gasteiger partial charge in [-0.15, -0.1) is 0 Å². The van der Waals surface area contributed by atoms with Crippen LogP contribution < -0.4 is 5.32 Å². The van der Waals surface area contributed by atoms with Crippen LogP contribution in [0.5, 0.6) is 0 Å². The number of sulfone groups is 1. The maximum absolute atomic E-state index is 12.1. The van der Waals surface area contributed by atoms with Gasteiger partial charge in [-0.25, -0.2) is 8.42 Å². The van der Waals surface area contributed by atoms with Crippen LogP contribution in [-0.4, -0.2) is 32.0 Å². The monoisotopic (exact) mass is 231 g/mol. The highest BCUT2D eigenvalue weighted by atomic mass is 32.2. The molecule has 88 valence electrons. The minimum Gasteiger partial charge on any atom is -0.313 e. The van der Waals surface area contributed by atoms with Crippen molar-refractivity contribution >= 4 is 9.84 Å². The molecule has 2 aliphatic rings. The Bertz CT molecular complexity index is 300. The molecule has 2 rings (SSSR count). The largest absolute Gasteiger partial charge is 0.313 e. The van der Waals surface area contributed by atoms with Crippen LogP contribution in [0.3, 0.4) is 0 Å². The third kappa shape index (κ3) is 2.72. The molecule has 2 unspecified atom stereocenters. The second-order valence-corrected chi connectivity index (χ2v) is 7.15. The molecule has 1 N–H and O–H groups in total. The summed E-state index contributed by atoms with van der Waals surface area (Å²) >= 11 is 0. The van der Waals surface area contributed by atoms with Crippen LogP contribution >= 0.6 is 0 Å². The fourth-order valence-electron chi connectivity index (χ4n) is 2.83. The summed E-state index contributed by atoms with van der Waals surface area (Å²) in [7, 11) is -2.82. The molecule has 0 amide bonds. The van der Waals surface area contributed by atoms with E-state index in [4.69, 9.17) is 0 Å². The van der Waals surface area contributed by atoms with E-state index < -0.39 is 9.84 Å². The Hall–Kier alpha value is -0.0900. The minimum absolute atomic E-state index is 0.0969. The summed E-state index contributed by atoms with van der Waals surface area (Å²) in [5.41, 5.74) is 0. The Kier molecular flexibility index (Phi) is 3.67. The van der Waals surface area contributed by atoms with Crippen LogP contribution in [0, 0.1) is 0 Å². The van der Waals surface area contributed by atoms with Crippen LogP contribution in [0.1, 0.15) is 44.9 Å². The van der Waals surface area contributed by atoms with Crippen LogP contribution in [0.2, 0.25) is 0 Å². The first-order chi connectivity index (χ1) is 7.20. The number of nitrogens with one attached hydrogen (secondary N) is 1. The van der Waals surface area contributed by atoms with Gasteiger partial charge in [0.15, 0.2) is 9.84 Å². The van der Waals surface area contributed by atoms with Gasteiger partial charge in [-0.3, -0.25) is 0 Å². The van der Waals surface area contributed by atoms with E-state index in [2.05, 4.69) is 5.32 Å². The second-order valence-electron chi connectivity index (χ2n) is 4.81. The quantitative estimate of drug-likeness (QED) is 0.687. The molecular formula is C11H21NO2S. The first kappa shape index (κ1) is 11.4. The zero-order chi connectivity index (χ0) is 10.7. The van der Waals surface area contributed by atoms with Crippen molar-refractivity contribution in [3.05, 3.63) is 0 Å². The highest BCUT2D eigenvalue weighted by molar-refractivity contribution is 7.92. The van der Waals surface area contributed by atoms with Crippen LogP contribution in [-0.2, 0) is 9.84 Å². The fraction of sp³-hybridized carbons (Fsp3) is 1.00. The zero-order valence-corrected chi connectivity index (χ0v) is 10.1. The Morgan fingerprint density at radius 2 is 1.67 bits per heavy atom. The standard InChI is InChI=1S/C11H21NO2S/c13-15(14)9-5-8-12-10-6-3-1-2-4-7-11(10)15/h10-12H,1-9H2. The van der Waals surface area contributed by atoms with Crippen molar-refractivity contribution in [2.75, 3.05) is 12.3 Å².